The van der Waals surface area contributed by atoms with Crippen molar-refractivity contribution in [2.45, 2.75) is 33.2 Å². The Hall–Kier alpha value is -0.380. The lowest BCUT2D eigenvalue weighted by molar-refractivity contribution is 0.165. The Kier molecular flexibility index (Phi) is 6.53. The first kappa shape index (κ1) is 16.0. The molecule has 1 unspecified atom stereocenters. The van der Waals surface area contributed by atoms with Crippen LogP contribution < -0.4 is 5.32 Å². The van der Waals surface area contributed by atoms with Crippen LogP contribution in [0.1, 0.15) is 32.3 Å². The summed E-state index contributed by atoms with van der Waals surface area (Å²) in [6.45, 7) is 10.4. The molecular weight excluding hydrogens is 312 g/mol. The number of nitrogens with one attached hydrogen (secondary N) is 1. The van der Waals surface area contributed by atoms with Crippen LogP contribution in [-0.2, 0) is 6.54 Å². The minimum atomic E-state index is 0.748. The minimum absolute atomic E-state index is 0.748. The summed E-state index contributed by atoms with van der Waals surface area (Å²) < 4.78 is 1.16. The normalized spacial score (nSPS) is 20.5. The van der Waals surface area contributed by atoms with Crippen molar-refractivity contribution in [3.63, 3.8) is 0 Å². The van der Waals surface area contributed by atoms with Crippen LogP contribution in [0.2, 0.25) is 0 Å². The lowest BCUT2D eigenvalue weighted by atomic mass is 9.97. The van der Waals surface area contributed by atoms with Crippen molar-refractivity contribution in [2.24, 2.45) is 11.8 Å². The van der Waals surface area contributed by atoms with E-state index in [4.69, 9.17) is 0 Å². The molecule has 2 nitrogen and oxygen atoms in total. The fourth-order valence-electron chi connectivity index (χ4n) is 2.89. The smallest absolute Gasteiger partial charge is 0.0233 e. The summed E-state index contributed by atoms with van der Waals surface area (Å²) >= 11 is 3.50. The number of nitrogens with zero attached hydrogens (tertiary/aromatic N) is 1. The first-order valence-electron chi connectivity index (χ1n) is 7.81. The van der Waals surface area contributed by atoms with E-state index in [-0.39, 0.29) is 0 Å². The topological polar surface area (TPSA) is 15.3 Å². The van der Waals surface area contributed by atoms with Gasteiger partial charge < -0.3 is 5.32 Å². The molecule has 1 N–H and O–H groups in total. The van der Waals surface area contributed by atoms with Gasteiger partial charge in [0.2, 0.25) is 0 Å². The molecule has 1 fully saturated rings. The molecule has 1 atom stereocenters. The maximum absolute atomic E-state index is 3.61. The zero-order valence-corrected chi connectivity index (χ0v) is 14.3. The Balaban J connectivity index is 1.76. The SMILES string of the molecule is CC(C)CNCC1CCCN(Cc2ccc(Br)cc2)C1. The number of rotatable bonds is 6. The molecule has 0 saturated carbocycles. The van der Waals surface area contributed by atoms with Gasteiger partial charge in [-0.25, -0.2) is 0 Å². The molecule has 112 valence electrons. The molecule has 1 heterocycles. The number of likely N-dealkylation sites (tertiary alicyclic amines) is 1. The standard InChI is InChI=1S/C17H27BrN2/c1-14(2)10-19-11-16-4-3-9-20(13-16)12-15-5-7-17(18)8-6-15/h5-8,14,16,19H,3-4,9-13H2,1-2H3. The molecule has 3 heteroatoms. The van der Waals surface area contributed by atoms with E-state index in [1.807, 2.05) is 0 Å². The maximum atomic E-state index is 3.61. The molecule has 0 spiro atoms. The summed E-state index contributed by atoms with van der Waals surface area (Å²) in [5, 5.41) is 3.61. The molecule has 0 radical (unpaired) electrons. The van der Waals surface area contributed by atoms with Crippen molar-refractivity contribution in [1.82, 2.24) is 10.2 Å². The van der Waals surface area contributed by atoms with Crippen LogP contribution >= 0.6 is 15.9 Å². The highest BCUT2D eigenvalue weighted by atomic mass is 79.9. The van der Waals surface area contributed by atoms with Gasteiger partial charge >= 0.3 is 0 Å². The zero-order chi connectivity index (χ0) is 14.4. The van der Waals surface area contributed by atoms with Crippen molar-refractivity contribution in [3.05, 3.63) is 34.3 Å². The van der Waals surface area contributed by atoms with E-state index in [2.05, 4.69) is 64.3 Å². The van der Waals surface area contributed by atoms with Crippen LogP contribution in [0.4, 0.5) is 0 Å². The molecule has 1 aliphatic rings. The summed E-state index contributed by atoms with van der Waals surface area (Å²) in [5.41, 5.74) is 1.42. The second kappa shape index (κ2) is 8.16. The summed E-state index contributed by atoms with van der Waals surface area (Å²) in [7, 11) is 0. The molecule has 0 bridgehead atoms. The van der Waals surface area contributed by atoms with Crippen molar-refractivity contribution < 1.29 is 0 Å². The number of hydrogen-bond acceptors (Lipinski definition) is 2. The summed E-state index contributed by atoms with van der Waals surface area (Å²) in [5.74, 6) is 1.57. The highest BCUT2D eigenvalue weighted by Gasteiger charge is 2.19. The molecule has 1 aliphatic heterocycles. The Morgan fingerprint density at radius 2 is 2.05 bits per heavy atom. The van der Waals surface area contributed by atoms with Crippen LogP contribution in [0.15, 0.2) is 28.7 Å². The molecule has 0 aromatic heterocycles. The number of halogens is 1. The largest absolute Gasteiger partial charge is 0.316 e. The number of benzene rings is 1. The second-order valence-electron chi connectivity index (χ2n) is 6.42. The number of hydrogen-bond donors (Lipinski definition) is 1. The van der Waals surface area contributed by atoms with Gasteiger partial charge in [0, 0.05) is 17.6 Å². The summed E-state index contributed by atoms with van der Waals surface area (Å²) in [6, 6.07) is 8.73. The molecule has 0 amide bonds. The van der Waals surface area contributed by atoms with Crippen molar-refractivity contribution >= 4 is 15.9 Å². The summed E-state index contributed by atoms with van der Waals surface area (Å²) in [4.78, 5) is 2.61. The molecule has 20 heavy (non-hydrogen) atoms. The van der Waals surface area contributed by atoms with Gasteiger partial charge in [0.25, 0.3) is 0 Å². The molecule has 0 aliphatic carbocycles. The van der Waals surface area contributed by atoms with Crippen LogP contribution in [-0.4, -0.2) is 31.1 Å². The Morgan fingerprint density at radius 3 is 2.75 bits per heavy atom. The van der Waals surface area contributed by atoms with Gasteiger partial charge in [-0.15, -0.1) is 0 Å². The predicted molar refractivity (Wildman–Crippen MR) is 89.9 cm³/mol. The van der Waals surface area contributed by atoms with Crippen LogP contribution in [0.3, 0.4) is 0 Å². The minimum Gasteiger partial charge on any atom is -0.316 e. The third kappa shape index (κ3) is 5.55. The van der Waals surface area contributed by atoms with Crippen molar-refractivity contribution in [3.8, 4) is 0 Å². The van der Waals surface area contributed by atoms with E-state index in [1.54, 1.807) is 0 Å². The molecule has 2 rings (SSSR count). The quantitative estimate of drug-likeness (QED) is 0.845. The van der Waals surface area contributed by atoms with Gasteiger partial charge in [-0.3, -0.25) is 4.90 Å². The average molecular weight is 339 g/mol. The number of piperidine rings is 1. The van der Waals surface area contributed by atoms with E-state index in [1.165, 1.54) is 38.0 Å². The zero-order valence-electron chi connectivity index (χ0n) is 12.7. The fourth-order valence-corrected chi connectivity index (χ4v) is 3.15. The van der Waals surface area contributed by atoms with Gasteiger partial charge in [-0.1, -0.05) is 41.9 Å². The van der Waals surface area contributed by atoms with E-state index >= 15 is 0 Å². The van der Waals surface area contributed by atoms with E-state index < -0.39 is 0 Å². The monoisotopic (exact) mass is 338 g/mol. The summed E-state index contributed by atoms with van der Waals surface area (Å²) in [6.07, 6.45) is 2.71. The second-order valence-corrected chi connectivity index (χ2v) is 7.34. The molecular formula is C17H27BrN2. The highest BCUT2D eigenvalue weighted by molar-refractivity contribution is 9.10. The Morgan fingerprint density at radius 1 is 1.30 bits per heavy atom. The molecule has 1 aromatic carbocycles. The first-order valence-corrected chi connectivity index (χ1v) is 8.60. The van der Waals surface area contributed by atoms with E-state index in [0.717, 1.165) is 29.4 Å². The molecule has 1 saturated heterocycles. The van der Waals surface area contributed by atoms with Crippen LogP contribution in [0, 0.1) is 11.8 Å². The van der Waals surface area contributed by atoms with Crippen LogP contribution in [0.5, 0.6) is 0 Å². The maximum Gasteiger partial charge on any atom is 0.0233 e. The lowest BCUT2D eigenvalue weighted by Gasteiger charge is -2.33. The lowest BCUT2D eigenvalue weighted by Crippen LogP contribution is -2.39. The first-order chi connectivity index (χ1) is 9.63. The fraction of sp³-hybridized carbons (Fsp3) is 0.647. The Labute approximate surface area is 132 Å². The van der Waals surface area contributed by atoms with Gasteiger partial charge in [0.15, 0.2) is 0 Å². The average Bonchev–Trinajstić information content (AvgIpc) is 2.41. The molecule has 1 aromatic rings. The van der Waals surface area contributed by atoms with Gasteiger partial charge in [-0.2, -0.15) is 0 Å². The van der Waals surface area contributed by atoms with E-state index in [0.29, 0.717) is 0 Å². The third-order valence-electron chi connectivity index (χ3n) is 3.91. The van der Waals surface area contributed by atoms with E-state index in [9.17, 15) is 0 Å². The van der Waals surface area contributed by atoms with Gasteiger partial charge in [-0.05, 0) is 62.0 Å². The highest BCUT2D eigenvalue weighted by Crippen LogP contribution is 2.19. The van der Waals surface area contributed by atoms with Crippen LogP contribution in [0.25, 0.3) is 0 Å². The third-order valence-corrected chi connectivity index (χ3v) is 4.44. The van der Waals surface area contributed by atoms with Crippen molar-refractivity contribution in [2.75, 3.05) is 26.2 Å². The predicted octanol–water partition coefficient (Wildman–Crippen LogP) is 3.91. The van der Waals surface area contributed by atoms with Crippen molar-refractivity contribution in [1.29, 1.82) is 0 Å². The van der Waals surface area contributed by atoms with Gasteiger partial charge in [0.05, 0.1) is 0 Å². The van der Waals surface area contributed by atoms with Gasteiger partial charge in [0.1, 0.15) is 0 Å². The Bertz CT molecular complexity index is 388.